The van der Waals surface area contributed by atoms with E-state index in [9.17, 15) is 4.79 Å². The van der Waals surface area contributed by atoms with Gasteiger partial charge >= 0.3 is 6.09 Å². The average Bonchev–Trinajstić information content (AvgIpc) is 2.86. The highest BCUT2D eigenvalue weighted by Gasteiger charge is 2.31. The van der Waals surface area contributed by atoms with Crippen molar-refractivity contribution in [2.75, 3.05) is 19.6 Å². The number of nitrogens with zero attached hydrogens (tertiary/aromatic N) is 1. The second-order valence-corrected chi connectivity index (χ2v) is 7.29. The fourth-order valence-corrected chi connectivity index (χ4v) is 3.04. The van der Waals surface area contributed by atoms with Gasteiger partial charge in [0, 0.05) is 32.2 Å². The number of likely N-dealkylation sites (tertiary alicyclic amines) is 1. The number of nitrogens with two attached hydrogens (primary N) is 1. The molecule has 1 aliphatic heterocycles. The summed E-state index contributed by atoms with van der Waals surface area (Å²) in [5.41, 5.74) is 6.76. The number of nitrogens with one attached hydrogen (secondary N) is 1. The molecule has 1 saturated heterocycles. The van der Waals surface area contributed by atoms with Crippen molar-refractivity contribution in [2.45, 2.75) is 45.4 Å². The SMILES string of the molecule is CC(C)(C)OC(=O)NC[C@H]1C[C@@H](CN)N(Cc2ccccc2)C1. The third kappa shape index (κ3) is 5.84. The van der Waals surface area contributed by atoms with Crippen LogP contribution < -0.4 is 11.1 Å². The van der Waals surface area contributed by atoms with E-state index >= 15 is 0 Å². The first-order valence-corrected chi connectivity index (χ1v) is 8.32. The van der Waals surface area contributed by atoms with Crippen molar-refractivity contribution in [3.8, 4) is 0 Å². The van der Waals surface area contributed by atoms with Crippen LogP contribution >= 0.6 is 0 Å². The number of carbonyl (C=O) groups excluding carboxylic acids is 1. The van der Waals surface area contributed by atoms with E-state index in [4.69, 9.17) is 10.5 Å². The lowest BCUT2D eigenvalue weighted by atomic mass is 10.1. The van der Waals surface area contributed by atoms with Crippen LogP contribution in [0.2, 0.25) is 0 Å². The van der Waals surface area contributed by atoms with Gasteiger partial charge in [0.2, 0.25) is 0 Å². The van der Waals surface area contributed by atoms with E-state index in [1.54, 1.807) is 0 Å². The molecule has 3 N–H and O–H groups in total. The second kappa shape index (κ2) is 7.79. The highest BCUT2D eigenvalue weighted by Crippen LogP contribution is 2.24. The molecular formula is C18H29N3O2. The number of carbonyl (C=O) groups is 1. The van der Waals surface area contributed by atoms with E-state index in [-0.39, 0.29) is 6.09 Å². The monoisotopic (exact) mass is 319 g/mol. The van der Waals surface area contributed by atoms with Gasteiger partial charge in [0.15, 0.2) is 0 Å². The normalized spacial score (nSPS) is 22.1. The summed E-state index contributed by atoms with van der Waals surface area (Å²) in [6, 6.07) is 10.8. The Morgan fingerprint density at radius 2 is 2.04 bits per heavy atom. The van der Waals surface area contributed by atoms with Gasteiger partial charge in [-0.25, -0.2) is 4.79 Å². The predicted octanol–water partition coefficient (Wildman–Crippen LogP) is 2.36. The molecule has 2 rings (SSSR count). The van der Waals surface area contributed by atoms with Crippen molar-refractivity contribution in [3.05, 3.63) is 35.9 Å². The molecule has 1 aromatic rings. The Labute approximate surface area is 139 Å². The number of amides is 1. The molecule has 5 nitrogen and oxygen atoms in total. The Hall–Kier alpha value is -1.59. The Morgan fingerprint density at radius 1 is 1.35 bits per heavy atom. The number of rotatable bonds is 5. The van der Waals surface area contributed by atoms with Crippen molar-refractivity contribution in [3.63, 3.8) is 0 Å². The van der Waals surface area contributed by atoms with Gasteiger partial charge in [-0.2, -0.15) is 0 Å². The molecule has 1 heterocycles. The molecule has 0 unspecified atom stereocenters. The minimum absolute atomic E-state index is 0.344. The van der Waals surface area contributed by atoms with Crippen molar-refractivity contribution in [1.82, 2.24) is 10.2 Å². The van der Waals surface area contributed by atoms with Crippen LogP contribution in [-0.4, -0.2) is 42.3 Å². The summed E-state index contributed by atoms with van der Waals surface area (Å²) < 4.78 is 5.28. The first kappa shape index (κ1) is 17.8. The van der Waals surface area contributed by atoms with Gasteiger partial charge in [-0.3, -0.25) is 4.90 Å². The maximum Gasteiger partial charge on any atom is 0.407 e. The molecule has 1 aliphatic rings. The molecule has 0 aliphatic carbocycles. The standard InChI is InChI=1S/C18H29N3O2/c1-18(2,3)23-17(22)20-11-15-9-16(10-19)21(13-15)12-14-7-5-4-6-8-14/h4-8,15-16H,9-13,19H2,1-3H3,(H,20,22)/t15-,16+/m1/s1. The number of hydrogen-bond donors (Lipinski definition) is 2. The lowest BCUT2D eigenvalue weighted by molar-refractivity contribution is 0.0519. The zero-order valence-corrected chi connectivity index (χ0v) is 14.4. The third-order valence-electron chi connectivity index (χ3n) is 4.05. The van der Waals surface area contributed by atoms with Crippen LogP contribution in [0.1, 0.15) is 32.8 Å². The molecule has 0 radical (unpaired) electrons. The van der Waals surface area contributed by atoms with Crippen molar-refractivity contribution >= 4 is 6.09 Å². The summed E-state index contributed by atoms with van der Waals surface area (Å²) in [5, 5.41) is 2.88. The topological polar surface area (TPSA) is 67.6 Å². The summed E-state index contributed by atoms with van der Waals surface area (Å²) >= 11 is 0. The maximum atomic E-state index is 11.8. The molecule has 0 bridgehead atoms. The van der Waals surface area contributed by atoms with Crippen LogP contribution in [0.25, 0.3) is 0 Å². The molecule has 2 atom stereocenters. The van der Waals surface area contributed by atoms with Gasteiger partial charge in [-0.15, -0.1) is 0 Å². The zero-order chi connectivity index (χ0) is 16.9. The van der Waals surface area contributed by atoms with Crippen LogP contribution in [-0.2, 0) is 11.3 Å². The zero-order valence-electron chi connectivity index (χ0n) is 14.4. The summed E-state index contributed by atoms with van der Waals surface area (Å²) in [6.07, 6.45) is 0.669. The molecule has 5 heteroatoms. The van der Waals surface area contributed by atoms with Gasteiger partial charge in [0.05, 0.1) is 0 Å². The Morgan fingerprint density at radius 3 is 2.65 bits per heavy atom. The van der Waals surface area contributed by atoms with Gasteiger partial charge in [0.25, 0.3) is 0 Å². The van der Waals surface area contributed by atoms with Gasteiger partial charge in [0.1, 0.15) is 5.60 Å². The van der Waals surface area contributed by atoms with E-state index < -0.39 is 5.60 Å². The average molecular weight is 319 g/mol. The summed E-state index contributed by atoms with van der Waals surface area (Å²) in [4.78, 5) is 14.2. The Kier molecular flexibility index (Phi) is 6.02. The quantitative estimate of drug-likeness (QED) is 0.874. The maximum absolute atomic E-state index is 11.8. The molecule has 23 heavy (non-hydrogen) atoms. The first-order valence-electron chi connectivity index (χ1n) is 8.32. The van der Waals surface area contributed by atoms with Crippen LogP contribution in [0.5, 0.6) is 0 Å². The summed E-state index contributed by atoms with van der Waals surface area (Å²) in [7, 11) is 0. The number of ether oxygens (including phenoxy) is 1. The molecular weight excluding hydrogens is 290 g/mol. The second-order valence-electron chi connectivity index (χ2n) is 7.29. The van der Waals surface area contributed by atoms with E-state index in [0.29, 0.717) is 25.0 Å². The third-order valence-corrected chi connectivity index (χ3v) is 4.05. The smallest absolute Gasteiger partial charge is 0.407 e. The fourth-order valence-electron chi connectivity index (χ4n) is 3.04. The lowest BCUT2D eigenvalue weighted by Crippen LogP contribution is -2.36. The summed E-state index contributed by atoms with van der Waals surface area (Å²) in [5.74, 6) is 0.416. The van der Waals surface area contributed by atoms with Crippen molar-refractivity contribution in [2.24, 2.45) is 11.7 Å². The number of alkyl carbamates (subject to hydrolysis) is 1. The molecule has 1 aromatic carbocycles. The minimum Gasteiger partial charge on any atom is -0.444 e. The number of benzene rings is 1. The van der Waals surface area contributed by atoms with Crippen LogP contribution in [0.3, 0.4) is 0 Å². The molecule has 0 aromatic heterocycles. The predicted molar refractivity (Wildman–Crippen MR) is 92.0 cm³/mol. The molecule has 0 spiro atoms. The van der Waals surface area contributed by atoms with Crippen molar-refractivity contribution < 1.29 is 9.53 Å². The number of hydrogen-bond acceptors (Lipinski definition) is 4. The Balaban J connectivity index is 1.83. The highest BCUT2D eigenvalue weighted by atomic mass is 16.6. The molecule has 1 fully saturated rings. The van der Waals surface area contributed by atoms with E-state index in [1.807, 2.05) is 26.8 Å². The van der Waals surface area contributed by atoms with Gasteiger partial charge in [-0.1, -0.05) is 30.3 Å². The molecule has 1 amide bonds. The van der Waals surface area contributed by atoms with E-state index in [1.165, 1.54) is 5.56 Å². The van der Waals surface area contributed by atoms with Crippen LogP contribution in [0, 0.1) is 5.92 Å². The van der Waals surface area contributed by atoms with E-state index in [0.717, 1.165) is 19.5 Å². The highest BCUT2D eigenvalue weighted by molar-refractivity contribution is 5.67. The van der Waals surface area contributed by atoms with E-state index in [2.05, 4.69) is 34.5 Å². The summed E-state index contributed by atoms with van der Waals surface area (Å²) in [6.45, 7) is 8.75. The fraction of sp³-hybridized carbons (Fsp3) is 0.611. The van der Waals surface area contributed by atoms with Crippen LogP contribution in [0.4, 0.5) is 4.79 Å². The van der Waals surface area contributed by atoms with Crippen LogP contribution in [0.15, 0.2) is 30.3 Å². The molecule has 128 valence electrons. The van der Waals surface area contributed by atoms with Gasteiger partial charge < -0.3 is 15.8 Å². The molecule has 0 saturated carbocycles. The van der Waals surface area contributed by atoms with Gasteiger partial charge in [-0.05, 0) is 38.7 Å². The lowest BCUT2D eigenvalue weighted by Gasteiger charge is -2.23. The Bertz CT molecular complexity index is 499. The minimum atomic E-state index is -0.459. The first-order chi connectivity index (χ1) is 10.9. The largest absolute Gasteiger partial charge is 0.444 e. The van der Waals surface area contributed by atoms with Crippen molar-refractivity contribution in [1.29, 1.82) is 0 Å².